The van der Waals surface area contributed by atoms with E-state index in [0.717, 1.165) is 11.3 Å². The fourth-order valence-corrected chi connectivity index (χ4v) is 4.07. The Morgan fingerprint density at radius 1 is 0.812 bits per heavy atom. The van der Waals surface area contributed by atoms with Crippen LogP contribution in [0.2, 0.25) is 0 Å². The van der Waals surface area contributed by atoms with Crippen LogP contribution in [0.25, 0.3) is 16.7 Å². The lowest BCUT2D eigenvalue weighted by Crippen LogP contribution is -2.28. The highest BCUT2D eigenvalue weighted by Gasteiger charge is 2.22. The van der Waals surface area contributed by atoms with Crippen molar-refractivity contribution in [1.29, 1.82) is 0 Å². The number of hydrogen-bond donors (Lipinski definition) is 0. The molecule has 0 aliphatic heterocycles. The van der Waals surface area contributed by atoms with Gasteiger partial charge in [-0.2, -0.15) is 0 Å². The van der Waals surface area contributed by atoms with Gasteiger partial charge in [-0.3, -0.25) is 0 Å². The van der Waals surface area contributed by atoms with E-state index in [1.165, 1.54) is 27.8 Å². The molecule has 0 bridgehead atoms. The molecule has 3 aromatic rings. The van der Waals surface area contributed by atoms with Crippen LogP contribution >= 0.6 is 0 Å². The average Bonchev–Trinajstić information content (AvgIpc) is 3.14. The molecule has 3 aromatic carbocycles. The third kappa shape index (κ3) is 4.76. The van der Waals surface area contributed by atoms with Crippen LogP contribution in [-0.4, -0.2) is 31.9 Å². The van der Waals surface area contributed by atoms with Gasteiger partial charge >= 0.3 is 5.97 Å². The minimum atomic E-state index is -0.584. The van der Waals surface area contributed by atoms with Gasteiger partial charge in [-0.15, -0.1) is 0 Å². The van der Waals surface area contributed by atoms with Crippen LogP contribution in [0.5, 0.6) is 5.75 Å². The normalized spacial score (nSPS) is 12.6. The summed E-state index contributed by atoms with van der Waals surface area (Å²) in [5.74, 6) is 0.465. The molecule has 1 aliphatic carbocycles. The van der Waals surface area contributed by atoms with E-state index < -0.39 is 6.10 Å². The maximum Gasteiger partial charge on any atom is 0.335 e. The first-order valence-corrected chi connectivity index (χ1v) is 11.1. The SMILES string of the molecule is CCOC(=O)C(Cc1ccc(OCC=C2c3ccccc3-c3ccccc32)cc1)OCC. The number of esters is 1. The number of benzene rings is 3. The molecule has 0 spiro atoms. The molecule has 0 heterocycles. The molecule has 0 saturated heterocycles. The summed E-state index contributed by atoms with van der Waals surface area (Å²) >= 11 is 0. The topological polar surface area (TPSA) is 44.8 Å². The lowest BCUT2D eigenvalue weighted by Gasteiger charge is -2.15. The fraction of sp³-hybridized carbons (Fsp3) is 0.250. The number of hydrogen-bond acceptors (Lipinski definition) is 4. The zero-order chi connectivity index (χ0) is 22.3. The number of carbonyl (C=O) groups excluding carboxylic acids is 1. The van der Waals surface area contributed by atoms with Gasteiger partial charge in [0.05, 0.1) is 6.61 Å². The van der Waals surface area contributed by atoms with Gasteiger partial charge in [0.25, 0.3) is 0 Å². The van der Waals surface area contributed by atoms with Gasteiger partial charge in [0.1, 0.15) is 12.4 Å². The van der Waals surface area contributed by atoms with Gasteiger partial charge in [-0.25, -0.2) is 4.79 Å². The molecular weight excluding hydrogens is 400 g/mol. The Morgan fingerprint density at radius 3 is 1.97 bits per heavy atom. The number of rotatable bonds is 9. The summed E-state index contributed by atoms with van der Waals surface area (Å²) in [5, 5.41) is 0. The quantitative estimate of drug-likeness (QED) is 0.321. The highest BCUT2D eigenvalue weighted by atomic mass is 16.6. The van der Waals surface area contributed by atoms with Crippen molar-refractivity contribution < 1.29 is 19.0 Å². The van der Waals surface area contributed by atoms with E-state index in [-0.39, 0.29) is 5.97 Å². The van der Waals surface area contributed by atoms with Crippen LogP contribution in [0.3, 0.4) is 0 Å². The smallest absolute Gasteiger partial charge is 0.335 e. The zero-order valence-corrected chi connectivity index (χ0v) is 18.5. The van der Waals surface area contributed by atoms with Crippen molar-refractivity contribution in [3.8, 4) is 16.9 Å². The molecular formula is C28H28O4. The van der Waals surface area contributed by atoms with Crippen LogP contribution in [0, 0.1) is 0 Å². The van der Waals surface area contributed by atoms with Crippen LogP contribution in [-0.2, 0) is 20.7 Å². The maximum atomic E-state index is 12.1. The van der Waals surface area contributed by atoms with Gasteiger partial charge in [0.2, 0.25) is 0 Å². The Hall–Kier alpha value is -3.37. The van der Waals surface area contributed by atoms with Crippen LogP contribution < -0.4 is 4.74 Å². The minimum Gasteiger partial charge on any atom is -0.490 e. The van der Waals surface area contributed by atoms with Crippen LogP contribution in [0.1, 0.15) is 30.5 Å². The van der Waals surface area contributed by atoms with Crippen molar-refractivity contribution in [2.45, 2.75) is 26.4 Å². The monoisotopic (exact) mass is 428 g/mol. The number of fused-ring (bicyclic) bond motifs is 3. The Bertz CT molecular complexity index is 1050. The maximum absolute atomic E-state index is 12.1. The van der Waals surface area contributed by atoms with E-state index in [2.05, 4.69) is 54.6 Å². The summed E-state index contributed by atoms with van der Waals surface area (Å²) in [6.45, 7) is 4.96. The number of carbonyl (C=O) groups is 1. The molecule has 4 rings (SSSR count). The van der Waals surface area contributed by atoms with Crippen molar-refractivity contribution >= 4 is 11.5 Å². The Morgan fingerprint density at radius 2 is 1.41 bits per heavy atom. The Kier molecular flexibility index (Phi) is 7.03. The van der Waals surface area contributed by atoms with E-state index in [4.69, 9.17) is 14.2 Å². The van der Waals surface area contributed by atoms with Crippen molar-refractivity contribution in [3.63, 3.8) is 0 Å². The van der Waals surface area contributed by atoms with E-state index in [1.54, 1.807) is 6.92 Å². The van der Waals surface area contributed by atoms with Crippen molar-refractivity contribution in [2.75, 3.05) is 19.8 Å². The molecule has 4 nitrogen and oxygen atoms in total. The second-order valence-corrected chi connectivity index (χ2v) is 7.56. The van der Waals surface area contributed by atoms with Gasteiger partial charge in [0, 0.05) is 13.0 Å². The predicted molar refractivity (Wildman–Crippen MR) is 127 cm³/mol. The largest absolute Gasteiger partial charge is 0.490 e. The molecule has 0 fully saturated rings. The van der Waals surface area contributed by atoms with Crippen LogP contribution in [0.15, 0.2) is 78.9 Å². The van der Waals surface area contributed by atoms with Crippen molar-refractivity contribution in [1.82, 2.24) is 0 Å². The minimum absolute atomic E-state index is 0.321. The highest BCUT2D eigenvalue weighted by Crippen LogP contribution is 2.43. The molecule has 0 amide bonds. The molecule has 0 saturated carbocycles. The molecule has 32 heavy (non-hydrogen) atoms. The molecule has 1 atom stereocenters. The predicted octanol–water partition coefficient (Wildman–Crippen LogP) is 5.69. The second-order valence-electron chi connectivity index (χ2n) is 7.56. The van der Waals surface area contributed by atoms with Gasteiger partial charge in [-0.1, -0.05) is 60.7 Å². The Labute approximate surface area is 189 Å². The van der Waals surface area contributed by atoms with Gasteiger partial charge < -0.3 is 14.2 Å². The number of ether oxygens (including phenoxy) is 3. The Balaban J connectivity index is 1.42. The van der Waals surface area contributed by atoms with Crippen molar-refractivity contribution in [3.05, 3.63) is 95.6 Å². The van der Waals surface area contributed by atoms with Gasteiger partial charge in [-0.05, 0) is 65.4 Å². The average molecular weight is 429 g/mol. The van der Waals surface area contributed by atoms with Crippen molar-refractivity contribution in [2.24, 2.45) is 0 Å². The van der Waals surface area contributed by atoms with E-state index in [1.807, 2.05) is 31.2 Å². The molecule has 0 aromatic heterocycles. The first kappa shape index (κ1) is 21.8. The molecule has 1 unspecified atom stereocenters. The zero-order valence-electron chi connectivity index (χ0n) is 18.5. The molecule has 4 heteroatoms. The summed E-state index contributed by atoms with van der Waals surface area (Å²) in [7, 11) is 0. The van der Waals surface area contributed by atoms with E-state index in [0.29, 0.717) is 26.2 Å². The summed E-state index contributed by atoms with van der Waals surface area (Å²) in [6, 6.07) is 24.7. The van der Waals surface area contributed by atoms with E-state index in [9.17, 15) is 4.79 Å². The second kappa shape index (κ2) is 10.3. The lowest BCUT2D eigenvalue weighted by molar-refractivity contribution is -0.156. The van der Waals surface area contributed by atoms with E-state index >= 15 is 0 Å². The summed E-state index contributed by atoms with van der Waals surface area (Å²) in [6.07, 6.45) is 2.04. The summed E-state index contributed by atoms with van der Waals surface area (Å²) < 4.78 is 16.7. The first-order valence-electron chi connectivity index (χ1n) is 11.1. The molecule has 164 valence electrons. The third-order valence-corrected chi connectivity index (χ3v) is 5.52. The lowest BCUT2D eigenvalue weighted by atomic mass is 10.0. The fourth-order valence-electron chi connectivity index (χ4n) is 4.07. The van der Waals surface area contributed by atoms with Gasteiger partial charge in [0.15, 0.2) is 6.10 Å². The molecule has 1 aliphatic rings. The summed E-state index contributed by atoms with van der Waals surface area (Å²) in [4.78, 5) is 12.1. The molecule has 0 radical (unpaired) electrons. The highest BCUT2D eigenvalue weighted by molar-refractivity contribution is 6.01. The third-order valence-electron chi connectivity index (χ3n) is 5.52. The standard InChI is InChI=1S/C28H28O4/c1-3-30-27(28(29)31-4-2)19-20-13-15-21(16-14-20)32-18-17-26-24-11-7-5-9-22(24)23-10-6-8-12-25(23)26/h5-17,27H,3-4,18-19H2,1-2H3. The molecule has 0 N–H and O–H groups in total. The first-order chi connectivity index (χ1) is 15.7. The summed E-state index contributed by atoms with van der Waals surface area (Å²) in [5.41, 5.74) is 7.23. The van der Waals surface area contributed by atoms with Crippen LogP contribution in [0.4, 0.5) is 0 Å².